The standard InChI is InChI=1S/C26H40N2O7S/c1-14-8-7-9-18-20(34-18)11-19(15(2)10-17-13-36-25(27-17)28-33-6)35-22(30)12-21(29)26(4,5)24(32)16(3)23(14)31/h10,13-14,16,18-21,23,29,31H,7-9,11-12H2,1-6H3,(H,27,28)/b15-10+/t14-,16-,18-,19+,20+,21+,23+/m1/s1. The second kappa shape index (κ2) is 12.1. The highest BCUT2D eigenvalue weighted by atomic mass is 32.1. The van der Waals surface area contributed by atoms with Gasteiger partial charge in [-0.15, -0.1) is 11.3 Å². The normalized spacial score (nSPS) is 34.6. The van der Waals surface area contributed by atoms with Crippen LogP contribution in [-0.4, -0.2) is 64.6 Å². The molecule has 2 saturated heterocycles. The van der Waals surface area contributed by atoms with E-state index in [0.29, 0.717) is 17.2 Å². The van der Waals surface area contributed by atoms with Crippen molar-refractivity contribution in [1.82, 2.24) is 4.98 Å². The van der Waals surface area contributed by atoms with Gasteiger partial charge in [0, 0.05) is 17.7 Å². The first-order valence-electron chi connectivity index (χ1n) is 12.6. The molecule has 202 valence electrons. The zero-order valence-electron chi connectivity index (χ0n) is 22.0. The molecule has 1 aromatic rings. The summed E-state index contributed by atoms with van der Waals surface area (Å²) in [7, 11) is 1.51. The molecule has 1 aromatic heterocycles. The van der Waals surface area contributed by atoms with Crippen molar-refractivity contribution < 1.29 is 34.1 Å². The summed E-state index contributed by atoms with van der Waals surface area (Å²) >= 11 is 1.39. The molecule has 9 nitrogen and oxygen atoms in total. The topological polar surface area (TPSA) is 131 Å². The van der Waals surface area contributed by atoms with Crippen LogP contribution in [-0.2, 0) is 23.9 Å². The average molecular weight is 525 g/mol. The van der Waals surface area contributed by atoms with E-state index in [0.717, 1.165) is 24.8 Å². The van der Waals surface area contributed by atoms with Crippen molar-refractivity contribution in [1.29, 1.82) is 0 Å². The van der Waals surface area contributed by atoms with Gasteiger partial charge < -0.3 is 19.7 Å². The zero-order valence-corrected chi connectivity index (χ0v) is 22.8. The van der Waals surface area contributed by atoms with Gasteiger partial charge >= 0.3 is 5.97 Å². The molecule has 0 bridgehead atoms. The van der Waals surface area contributed by atoms with Crippen LogP contribution in [0.4, 0.5) is 5.13 Å². The van der Waals surface area contributed by atoms with Crippen molar-refractivity contribution in [3.05, 3.63) is 16.6 Å². The zero-order chi connectivity index (χ0) is 26.6. The van der Waals surface area contributed by atoms with Crippen molar-refractivity contribution in [2.45, 2.75) is 97.2 Å². The second-order valence-electron chi connectivity index (χ2n) is 10.7. The Hall–Kier alpha value is -1.85. The molecule has 2 aliphatic rings. The summed E-state index contributed by atoms with van der Waals surface area (Å²) in [5.41, 5.74) is 3.00. The number of aromatic nitrogens is 1. The minimum absolute atomic E-state index is 0.0256. The number of ketones is 1. The number of thiazole rings is 1. The first kappa shape index (κ1) is 28.7. The number of hydrogen-bond donors (Lipinski definition) is 3. The van der Waals surface area contributed by atoms with Gasteiger partial charge in [0.25, 0.3) is 0 Å². The first-order chi connectivity index (χ1) is 16.9. The number of cyclic esters (lactones) is 1. The van der Waals surface area contributed by atoms with Gasteiger partial charge in [-0.3, -0.25) is 14.4 Å². The number of rotatable bonds is 4. The quantitative estimate of drug-likeness (QED) is 0.306. The lowest BCUT2D eigenvalue weighted by Gasteiger charge is -2.34. The molecule has 0 radical (unpaired) electrons. The van der Waals surface area contributed by atoms with Gasteiger partial charge in [-0.1, -0.05) is 34.1 Å². The van der Waals surface area contributed by atoms with E-state index in [1.54, 1.807) is 20.8 Å². The van der Waals surface area contributed by atoms with Crippen molar-refractivity contribution in [2.75, 3.05) is 12.6 Å². The van der Waals surface area contributed by atoms with Crippen molar-refractivity contribution in [2.24, 2.45) is 17.3 Å². The lowest BCUT2D eigenvalue weighted by molar-refractivity contribution is -0.154. The monoisotopic (exact) mass is 524 g/mol. The van der Waals surface area contributed by atoms with E-state index >= 15 is 0 Å². The minimum atomic E-state index is -1.24. The van der Waals surface area contributed by atoms with E-state index < -0.39 is 35.6 Å². The molecule has 2 fully saturated rings. The third-order valence-electron chi connectivity index (χ3n) is 7.49. The van der Waals surface area contributed by atoms with E-state index in [2.05, 4.69) is 10.5 Å². The Balaban J connectivity index is 1.80. The van der Waals surface area contributed by atoms with Crippen LogP contribution in [0.15, 0.2) is 11.0 Å². The van der Waals surface area contributed by atoms with Crippen molar-refractivity contribution in [3.63, 3.8) is 0 Å². The number of carbonyl (C=O) groups is 2. The van der Waals surface area contributed by atoms with Crippen LogP contribution in [0.5, 0.6) is 0 Å². The molecule has 10 heteroatoms. The van der Waals surface area contributed by atoms with Gasteiger partial charge in [-0.05, 0) is 37.3 Å². The number of nitrogens with zero attached hydrogens (tertiary/aromatic N) is 1. The van der Waals surface area contributed by atoms with Gasteiger partial charge in [0.05, 0.1) is 49.1 Å². The van der Waals surface area contributed by atoms with Crippen molar-refractivity contribution >= 4 is 34.3 Å². The molecule has 0 spiro atoms. The van der Waals surface area contributed by atoms with Gasteiger partial charge in [0.2, 0.25) is 5.13 Å². The van der Waals surface area contributed by atoms with Crippen LogP contribution < -0.4 is 5.48 Å². The number of epoxide rings is 1. The molecular formula is C26H40N2O7S. The molecule has 0 unspecified atom stereocenters. The summed E-state index contributed by atoms with van der Waals surface area (Å²) < 4.78 is 11.7. The third kappa shape index (κ3) is 7.13. The van der Waals surface area contributed by atoms with E-state index in [9.17, 15) is 19.8 Å². The second-order valence-corrected chi connectivity index (χ2v) is 11.6. The number of carbonyl (C=O) groups excluding carboxylic acids is 2. The number of ether oxygens (including phenoxy) is 2. The van der Waals surface area contributed by atoms with Crippen LogP contribution in [0.2, 0.25) is 0 Å². The van der Waals surface area contributed by atoms with Gasteiger partial charge in [-0.2, -0.15) is 0 Å². The predicted octanol–water partition coefficient (Wildman–Crippen LogP) is 3.75. The maximum atomic E-state index is 13.2. The molecule has 0 saturated carbocycles. The smallest absolute Gasteiger partial charge is 0.309 e. The van der Waals surface area contributed by atoms with Crippen LogP contribution in [0.25, 0.3) is 6.08 Å². The Kier molecular flexibility index (Phi) is 9.68. The number of fused-ring (bicyclic) bond motifs is 1. The fourth-order valence-corrected chi connectivity index (χ4v) is 5.46. The first-order valence-corrected chi connectivity index (χ1v) is 13.5. The number of anilines is 1. The van der Waals surface area contributed by atoms with Crippen LogP contribution in [0.3, 0.4) is 0 Å². The summed E-state index contributed by atoms with van der Waals surface area (Å²) in [4.78, 5) is 35.4. The predicted molar refractivity (Wildman–Crippen MR) is 137 cm³/mol. The Bertz CT molecular complexity index is 946. The highest BCUT2D eigenvalue weighted by Gasteiger charge is 2.44. The van der Waals surface area contributed by atoms with Gasteiger partial charge in [0.1, 0.15) is 11.9 Å². The largest absolute Gasteiger partial charge is 0.458 e. The lowest BCUT2D eigenvalue weighted by atomic mass is 9.73. The van der Waals surface area contributed by atoms with E-state index in [1.807, 2.05) is 25.3 Å². The number of aliphatic hydroxyl groups excluding tert-OH is 2. The summed E-state index contributed by atoms with van der Waals surface area (Å²) in [6.07, 6.45) is 1.95. The summed E-state index contributed by atoms with van der Waals surface area (Å²) in [5.74, 6) is -1.59. The highest BCUT2D eigenvalue weighted by Crippen LogP contribution is 2.36. The number of aliphatic hydroxyl groups is 2. The molecule has 7 atom stereocenters. The van der Waals surface area contributed by atoms with Crippen LogP contribution >= 0.6 is 11.3 Å². The van der Waals surface area contributed by atoms with E-state index in [4.69, 9.17) is 14.3 Å². The Labute approximate surface area is 217 Å². The highest BCUT2D eigenvalue weighted by molar-refractivity contribution is 7.13. The summed E-state index contributed by atoms with van der Waals surface area (Å²) in [6.45, 7) is 8.74. The molecular weight excluding hydrogens is 484 g/mol. The molecule has 3 N–H and O–H groups in total. The molecule has 2 aliphatic heterocycles. The molecule has 0 aliphatic carbocycles. The van der Waals surface area contributed by atoms with E-state index in [-0.39, 0.29) is 30.3 Å². The summed E-state index contributed by atoms with van der Waals surface area (Å²) in [5, 5.41) is 24.1. The Morgan fingerprint density at radius 3 is 2.67 bits per heavy atom. The van der Waals surface area contributed by atoms with Crippen LogP contribution in [0, 0.1) is 17.3 Å². The lowest BCUT2D eigenvalue weighted by Crippen LogP contribution is -2.45. The molecule has 3 heterocycles. The van der Waals surface area contributed by atoms with Crippen molar-refractivity contribution in [3.8, 4) is 0 Å². The fraction of sp³-hybridized carbons (Fsp3) is 0.731. The molecule has 0 aromatic carbocycles. The maximum absolute atomic E-state index is 13.2. The van der Waals surface area contributed by atoms with Crippen LogP contribution in [0.1, 0.15) is 72.4 Å². The molecule has 36 heavy (non-hydrogen) atoms. The number of nitrogens with one attached hydrogen (secondary N) is 1. The Morgan fingerprint density at radius 2 is 1.97 bits per heavy atom. The van der Waals surface area contributed by atoms with Gasteiger partial charge in [-0.25, -0.2) is 10.5 Å². The van der Waals surface area contributed by atoms with Gasteiger partial charge in [0.15, 0.2) is 0 Å². The maximum Gasteiger partial charge on any atom is 0.309 e. The number of Topliss-reactive ketones (excluding diaryl/α,β-unsaturated/α-hetero) is 1. The number of esters is 1. The minimum Gasteiger partial charge on any atom is -0.458 e. The number of hydrogen-bond acceptors (Lipinski definition) is 10. The SMILES string of the molecule is CONc1nc(/C=C(\C)[C@@H]2C[C@@H]3O[C@@H]3CCC[C@@H](C)[C@H](O)[C@@H](C)C(=O)C(C)(C)[C@@H](O)CC(=O)O2)cs1. The average Bonchev–Trinajstić information content (AvgIpc) is 3.41. The molecule has 3 rings (SSSR count). The Morgan fingerprint density at radius 1 is 1.25 bits per heavy atom. The fourth-order valence-electron chi connectivity index (χ4n) is 4.82. The van der Waals surface area contributed by atoms with E-state index in [1.165, 1.54) is 18.4 Å². The summed E-state index contributed by atoms with van der Waals surface area (Å²) in [6, 6.07) is 0. The molecule has 0 amide bonds. The third-order valence-corrected chi connectivity index (χ3v) is 8.24.